The topological polar surface area (TPSA) is 78.9 Å². The van der Waals surface area contributed by atoms with E-state index in [-0.39, 0.29) is 31.1 Å². The van der Waals surface area contributed by atoms with Gasteiger partial charge in [-0.3, -0.25) is 14.4 Å². The molecule has 0 aromatic heterocycles. The van der Waals surface area contributed by atoms with Gasteiger partial charge in [-0.25, -0.2) is 0 Å². The van der Waals surface area contributed by atoms with Crippen LogP contribution in [0.25, 0.3) is 0 Å². The Morgan fingerprint density at radius 1 is 0.333 bits per heavy atom. The first-order chi connectivity index (χ1) is 27.9. The van der Waals surface area contributed by atoms with E-state index >= 15 is 0 Å². The van der Waals surface area contributed by atoms with Crippen molar-refractivity contribution in [2.45, 2.75) is 291 Å². The summed E-state index contributed by atoms with van der Waals surface area (Å²) in [6.07, 6.45) is 46.7. The maximum absolute atomic E-state index is 12.7. The molecule has 0 aromatic carbocycles. The molecule has 0 radical (unpaired) electrons. The fourth-order valence-electron chi connectivity index (χ4n) is 7.69. The third-order valence-corrected chi connectivity index (χ3v) is 11.5. The highest BCUT2D eigenvalue weighted by molar-refractivity contribution is 5.71. The van der Waals surface area contributed by atoms with E-state index in [1.165, 1.54) is 180 Å². The Hall–Kier alpha value is -1.59. The molecule has 0 rings (SSSR count). The molecule has 0 fully saturated rings. The lowest BCUT2D eigenvalue weighted by molar-refractivity contribution is -0.167. The van der Waals surface area contributed by atoms with E-state index in [0.717, 1.165) is 63.7 Å². The van der Waals surface area contributed by atoms with Crippen LogP contribution in [-0.2, 0) is 28.6 Å². The maximum atomic E-state index is 12.7. The summed E-state index contributed by atoms with van der Waals surface area (Å²) in [5.74, 6) is -0.0187. The molecule has 0 saturated heterocycles. The Bertz CT molecular complexity index is 857. The monoisotopic (exact) mass is 807 g/mol. The Morgan fingerprint density at radius 3 is 0.860 bits per heavy atom. The first-order valence-corrected chi connectivity index (χ1v) is 25.4. The average Bonchev–Trinajstić information content (AvgIpc) is 3.19. The van der Waals surface area contributed by atoms with E-state index in [4.69, 9.17) is 14.2 Å². The number of carbonyl (C=O) groups excluding carboxylic acids is 3. The smallest absolute Gasteiger partial charge is 0.306 e. The molecule has 0 spiro atoms. The van der Waals surface area contributed by atoms with Gasteiger partial charge >= 0.3 is 17.9 Å². The lowest BCUT2D eigenvalue weighted by atomic mass is 10.0. The van der Waals surface area contributed by atoms with Crippen LogP contribution in [0.3, 0.4) is 0 Å². The van der Waals surface area contributed by atoms with E-state index in [1.54, 1.807) is 0 Å². The highest BCUT2D eigenvalue weighted by Crippen LogP contribution is 2.17. The third-order valence-electron chi connectivity index (χ3n) is 11.5. The van der Waals surface area contributed by atoms with Gasteiger partial charge < -0.3 is 14.2 Å². The van der Waals surface area contributed by atoms with Crippen molar-refractivity contribution in [3.63, 3.8) is 0 Å². The van der Waals surface area contributed by atoms with Gasteiger partial charge in [0.05, 0.1) is 0 Å². The summed E-state index contributed by atoms with van der Waals surface area (Å²) in [4.78, 5) is 37.7. The number of hydrogen-bond acceptors (Lipinski definition) is 6. The molecule has 0 aliphatic heterocycles. The molecule has 0 N–H and O–H groups in total. The summed E-state index contributed by atoms with van der Waals surface area (Å²) in [5, 5.41) is 0. The lowest BCUT2D eigenvalue weighted by Gasteiger charge is -2.18. The number of esters is 3. The Morgan fingerprint density at radius 2 is 0.579 bits per heavy atom. The number of rotatable bonds is 46. The summed E-state index contributed by atoms with van der Waals surface area (Å²) in [6, 6.07) is 0. The van der Waals surface area contributed by atoms with Gasteiger partial charge in [-0.2, -0.15) is 0 Å². The van der Waals surface area contributed by atoms with Crippen LogP contribution in [0, 0.1) is 5.92 Å². The predicted molar refractivity (Wildman–Crippen MR) is 243 cm³/mol. The van der Waals surface area contributed by atoms with Crippen LogP contribution in [0.15, 0.2) is 0 Å². The van der Waals surface area contributed by atoms with Crippen molar-refractivity contribution >= 4 is 17.9 Å². The molecule has 0 saturated carbocycles. The summed E-state index contributed by atoms with van der Waals surface area (Å²) in [6.45, 7) is 8.99. The first kappa shape index (κ1) is 55.4. The molecule has 6 nitrogen and oxygen atoms in total. The molecule has 0 amide bonds. The van der Waals surface area contributed by atoms with Crippen LogP contribution >= 0.6 is 0 Å². The number of ether oxygens (including phenoxy) is 3. The fraction of sp³-hybridized carbons (Fsp3) is 0.941. The van der Waals surface area contributed by atoms with Gasteiger partial charge in [0.1, 0.15) is 13.2 Å². The lowest BCUT2D eigenvalue weighted by Crippen LogP contribution is -2.30. The van der Waals surface area contributed by atoms with Crippen molar-refractivity contribution in [2.24, 2.45) is 5.92 Å². The maximum Gasteiger partial charge on any atom is 0.306 e. The second-order valence-electron chi connectivity index (χ2n) is 17.9. The minimum Gasteiger partial charge on any atom is -0.462 e. The highest BCUT2D eigenvalue weighted by Gasteiger charge is 2.19. The van der Waals surface area contributed by atoms with Gasteiger partial charge in [-0.05, 0) is 25.2 Å². The minimum atomic E-state index is -0.759. The minimum absolute atomic E-state index is 0.0634. The normalized spacial score (nSPS) is 11.9. The van der Waals surface area contributed by atoms with Crippen LogP contribution < -0.4 is 0 Å². The molecule has 0 aliphatic carbocycles. The van der Waals surface area contributed by atoms with Gasteiger partial charge in [0, 0.05) is 19.3 Å². The summed E-state index contributed by atoms with van der Waals surface area (Å²) in [5.41, 5.74) is 0. The van der Waals surface area contributed by atoms with Crippen molar-refractivity contribution in [2.75, 3.05) is 13.2 Å². The van der Waals surface area contributed by atoms with Gasteiger partial charge in [-0.1, -0.05) is 246 Å². The third kappa shape index (κ3) is 45.3. The van der Waals surface area contributed by atoms with Crippen molar-refractivity contribution in [3.05, 3.63) is 0 Å². The fourth-order valence-corrected chi connectivity index (χ4v) is 7.69. The molecule has 0 bridgehead atoms. The Labute approximate surface area is 355 Å². The van der Waals surface area contributed by atoms with Crippen molar-refractivity contribution in [1.82, 2.24) is 0 Å². The van der Waals surface area contributed by atoms with Gasteiger partial charge in [-0.15, -0.1) is 0 Å². The highest BCUT2D eigenvalue weighted by atomic mass is 16.6. The summed E-state index contributed by atoms with van der Waals surface area (Å²) >= 11 is 0. The van der Waals surface area contributed by atoms with Crippen LogP contribution in [0.4, 0.5) is 0 Å². The number of unbranched alkanes of at least 4 members (excludes halogenated alkanes) is 33. The quantitative estimate of drug-likeness (QED) is 0.0346. The molecule has 0 aliphatic rings. The Kier molecular flexibility index (Phi) is 44.2. The molecular formula is C51H98O6. The summed E-state index contributed by atoms with van der Waals surface area (Å²) < 4.78 is 16.7. The molecule has 338 valence electrons. The van der Waals surface area contributed by atoms with Crippen molar-refractivity contribution in [1.29, 1.82) is 0 Å². The summed E-state index contributed by atoms with van der Waals surface area (Å²) in [7, 11) is 0. The molecule has 57 heavy (non-hydrogen) atoms. The van der Waals surface area contributed by atoms with Crippen LogP contribution in [0.1, 0.15) is 285 Å². The second kappa shape index (κ2) is 45.5. The standard InChI is InChI=1S/C51H98O6/c1-5-7-9-11-13-14-15-16-17-18-19-20-25-28-32-36-40-44-51(54)57-48(45-55-49(52)42-38-34-29-12-10-8-6-2)46-56-50(53)43-39-35-31-27-24-22-21-23-26-30-33-37-41-47(3)4/h47-48H,5-46H2,1-4H3/t48-/m1/s1. The van der Waals surface area contributed by atoms with E-state index in [9.17, 15) is 14.4 Å². The largest absolute Gasteiger partial charge is 0.462 e. The molecule has 0 aromatic rings. The molecule has 0 unspecified atom stereocenters. The average molecular weight is 807 g/mol. The number of hydrogen-bond donors (Lipinski definition) is 0. The molecule has 1 atom stereocenters. The van der Waals surface area contributed by atoms with Crippen LogP contribution in [-0.4, -0.2) is 37.2 Å². The van der Waals surface area contributed by atoms with Crippen LogP contribution in [0.2, 0.25) is 0 Å². The van der Waals surface area contributed by atoms with Crippen molar-refractivity contribution in [3.8, 4) is 0 Å². The van der Waals surface area contributed by atoms with Gasteiger partial charge in [0.25, 0.3) is 0 Å². The zero-order chi connectivity index (χ0) is 41.7. The Balaban J connectivity index is 4.20. The van der Waals surface area contributed by atoms with E-state index < -0.39 is 6.10 Å². The predicted octanol–water partition coefficient (Wildman–Crippen LogP) is 16.3. The first-order valence-electron chi connectivity index (χ1n) is 25.4. The zero-order valence-electron chi connectivity index (χ0n) is 38.8. The van der Waals surface area contributed by atoms with Gasteiger partial charge in [0.15, 0.2) is 6.10 Å². The molecule has 0 heterocycles. The van der Waals surface area contributed by atoms with Crippen molar-refractivity contribution < 1.29 is 28.6 Å². The van der Waals surface area contributed by atoms with E-state index in [1.807, 2.05) is 0 Å². The SMILES string of the molecule is CCCCCCCCCCCCCCCCCCCC(=O)O[C@H](COC(=O)CCCCCCCCC)COC(=O)CCCCCCCCCCCCCCC(C)C. The zero-order valence-corrected chi connectivity index (χ0v) is 38.8. The second-order valence-corrected chi connectivity index (χ2v) is 17.9. The van der Waals surface area contributed by atoms with E-state index in [2.05, 4.69) is 27.7 Å². The van der Waals surface area contributed by atoms with Gasteiger partial charge in [0.2, 0.25) is 0 Å². The van der Waals surface area contributed by atoms with Crippen LogP contribution in [0.5, 0.6) is 0 Å². The molecular weight excluding hydrogens is 709 g/mol. The molecule has 6 heteroatoms. The van der Waals surface area contributed by atoms with E-state index in [0.29, 0.717) is 19.3 Å². The number of carbonyl (C=O) groups is 3.